The first-order valence-corrected chi connectivity index (χ1v) is 16.8. The van der Waals surface area contributed by atoms with Crippen LogP contribution in [0, 0.1) is 5.92 Å². The molecule has 0 unspecified atom stereocenters. The molecule has 2 aromatic carbocycles. The van der Waals surface area contributed by atoms with E-state index in [4.69, 9.17) is 26.2 Å². The highest BCUT2D eigenvalue weighted by Crippen LogP contribution is 2.34. The van der Waals surface area contributed by atoms with Gasteiger partial charge in [-0.15, -0.1) is 11.3 Å². The normalized spacial score (nSPS) is 13.8. The Bertz CT molecular complexity index is 1590. The van der Waals surface area contributed by atoms with Gasteiger partial charge in [0.25, 0.3) is 0 Å². The minimum atomic E-state index is -3.19. The van der Waals surface area contributed by atoms with E-state index in [1.54, 1.807) is 17.2 Å². The van der Waals surface area contributed by atoms with E-state index in [2.05, 4.69) is 31.0 Å². The van der Waals surface area contributed by atoms with Gasteiger partial charge in [0.05, 0.1) is 28.8 Å². The maximum Gasteiger partial charge on any atom is 0.248 e. The number of nitrogens with one attached hydrogen (secondary N) is 1. The fraction of sp³-hybridized carbons (Fsp3) is 0.333. The highest BCUT2D eigenvalue weighted by atomic mass is 35.7. The molecule has 4 aromatic rings. The summed E-state index contributed by atoms with van der Waals surface area (Å²) in [6, 6.07) is 11.2. The van der Waals surface area contributed by atoms with Crippen LogP contribution < -0.4 is 14.8 Å². The van der Waals surface area contributed by atoms with Gasteiger partial charge in [-0.3, -0.25) is 4.79 Å². The molecule has 224 valence electrons. The third-order valence-electron chi connectivity index (χ3n) is 6.23. The van der Waals surface area contributed by atoms with Crippen molar-refractivity contribution < 1.29 is 27.8 Å². The van der Waals surface area contributed by atoms with Crippen molar-refractivity contribution in [2.75, 3.05) is 37.9 Å². The largest absolute Gasteiger partial charge is 0.492 e. The van der Waals surface area contributed by atoms with E-state index in [1.165, 1.54) is 17.7 Å². The summed E-state index contributed by atoms with van der Waals surface area (Å²) in [5.41, 5.74) is 1.51. The topological polar surface area (TPSA) is 144 Å². The number of amides is 1. The van der Waals surface area contributed by atoms with Crippen LogP contribution in [0.25, 0.3) is 10.9 Å². The Hall–Kier alpha value is -3.23. The Balaban J connectivity index is 0.000000748. The van der Waals surface area contributed by atoms with Gasteiger partial charge in [-0.1, -0.05) is 17.7 Å². The van der Waals surface area contributed by atoms with Gasteiger partial charge in [-0.2, -0.15) is 0 Å². The van der Waals surface area contributed by atoms with Gasteiger partial charge in [0.15, 0.2) is 0 Å². The van der Waals surface area contributed by atoms with E-state index in [1.807, 2.05) is 35.7 Å². The number of benzene rings is 2. The maximum absolute atomic E-state index is 11.7. The van der Waals surface area contributed by atoms with Gasteiger partial charge in [0.2, 0.25) is 15.0 Å². The molecule has 0 radical (unpaired) electrons. The van der Waals surface area contributed by atoms with Crippen LogP contribution in [-0.4, -0.2) is 71.8 Å². The van der Waals surface area contributed by atoms with Crippen molar-refractivity contribution in [3.8, 4) is 11.5 Å². The van der Waals surface area contributed by atoms with E-state index in [0.717, 1.165) is 40.7 Å². The summed E-state index contributed by atoms with van der Waals surface area (Å²) in [7, 11) is 1.31. The molecule has 1 aliphatic rings. The number of piperidine rings is 1. The van der Waals surface area contributed by atoms with Crippen molar-refractivity contribution in [3.05, 3.63) is 64.3 Å². The molecule has 0 saturated carbocycles. The number of nitrogens with zero attached hydrogens (tertiary/aromatic N) is 4. The smallest absolute Gasteiger partial charge is 0.248 e. The third-order valence-corrected chi connectivity index (χ3v) is 7.28. The molecule has 0 bridgehead atoms. The molecule has 1 fully saturated rings. The van der Waals surface area contributed by atoms with Crippen LogP contribution >= 0.6 is 33.6 Å². The monoisotopic (exact) mass is 653 g/mol. The third kappa shape index (κ3) is 9.39. The molecule has 2 N–H and O–H groups in total. The van der Waals surface area contributed by atoms with Crippen LogP contribution in [-0.2, 0) is 20.5 Å². The minimum Gasteiger partial charge on any atom is -0.492 e. The summed E-state index contributed by atoms with van der Waals surface area (Å²) < 4.78 is 30.8. The maximum atomic E-state index is 11.7. The number of halogens is 2. The zero-order valence-electron chi connectivity index (χ0n) is 22.6. The molecule has 1 aliphatic heterocycles. The molecule has 42 heavy (non-hydrogen) atoms. The van der Waals surface area contributed by atoms with Gasteiger partial charge in [0.1, 0.15) is 41.9 Å². The zero-order chi connectivity index (χ0) is 30.1. The molecule has 15 heteroatoms. The fourth-order valence-electron chi connectivity index (χ4n) is 4.25. The predicted octanol–water partition coefficient (Wildman–Crippen LogP) is 4.86. The van der Waals surface area contributed by atoms with E-state index in [-0.39, 0.29) is 5.91 Å². The Morgan fingerprint density at radius 2 is 1.90 bits per heavy atom. The molecule has 2 aromatic heterocycles. The lowest BCUT2D eigenvalue weighted by Gasteiger charge is -2.31. The van der Waals surface area contributed by atoms with E-state index < -0.39 is 15.7 Å². The minimum absolute atomic E-state index is 0.222. The molecule has 0 atom stereocenters. The van der Waals surface area contributed by atoms with Crippen molar-refractivity contribution in [2.24, 2.45) is 5.92 Å². The average Bonchev–Trinajstić information content (AvgIpc) is 3.48. The molecule has 0 spiro atoms. The molecule has 3 heterocycles. The summed E-state index contributed by atoms with van der Waals surface area (Å²) in [5.74, 6) is 1.96. The lowest BCUT2D eigenvalue weighted by atomic mass is 9.98. The molecule has 11 nitrogen and oxygen atoms in total. The standard InChI is InChI=1S/C26H26ClN5O4S.CH3ClO2S/c27-19-12-18(4-5-21(19)36-15-23-28-8-11-37-23)31-26-25-20(29-16-30-26)2-1-3-22(25)35-14-17-6-9-32(10-7-17)24(34)13-33;1-5(2,3)4/h1-5,8,11-12,16-17,33H,6-7,9-10,13-15H2,(H,29,30,31);1H3. The number of thiazole rings is 1. The molecular weight excluding hydrogens is 625 g/mol. The first kappa shape index (κ1) is 31.7. The number of anilines is 2. The first-order valence-electron chi connectivity index (χ1n) is 12.8. The highest BCUT2D eigenvalue weighted by molar-refractivity contribution is 8.13. The van der Waals surface area contributed by atoms with Crippen LogP contribution in [0.1, 0.15) is 17.8 Å². The summed E-state index contributed by atoms with van der Waals surface area (Å²) in [4.78, 5) is 26.5. The summed E-state index contributed by atoms with van der Waals surface area (Å²) in [6.45, 7) is 1.69. The second-order valence-electron chi connectivity index (χ2n) is 9.33. The van der Waals surface area contributed by atoms with Crippen molar-refractivity contribution in [3.63, 3.8) is 0 Å². The van der Waals surface area contributed by atoms with Crippen LogP contribution in [0.5, 0.6) is 11.5 Å². The number of carbonyl (C=O) groups is 1. The number of aromatic nitrogens is 3. The highest BCUT2D eigenvalue weighted by Gasteiger charge is 2.23. The van der Waals surface area contributed by atoms with E-state index in [0.29, 0.717) is 54.6 Å². The fourth-order valence-corrected chi connectivity index (χ4v) is 5.01. The summed E-state index contributed by atoms with van der Waals surface area (Å²) >= 11 is 8.01. The van der Waals surface area contributed by atoms with Gasteiger partial charge in [-0.05, 0) is 49.1 Å². The van der Waals surface area contributed by atoms with Gasteiger partial charge >= 0.3 is 0 Å². The number of aliphatic hydroxyl groups excluding tert-OH is 1. The second kappa shape index (κ2) is 14.8. The van der Waals surface area contributed by atoms with Crippen LogP contribution in [0.3, 0.4) is 0 Å². The molecular formula is C27H29Cl2N5O6S2. The lowest BCUT2D eigenvalue weighted by Crippen LogP contribution is -2.41. The Labute approximate surface area is 256 Å². The lowest BCUT2D eigenvalue weighted by molar-refractivity contribution is -0.135. The first-order chi connectivity index (χ1) is 20.1. The molecule has 1 saturated heterocycles. The average molecular weight is 655 g/mol. The summed E-state index contributed by atoms with van der Waals surface area (Å²) in [6.07, 6.45) is 5.83. The van der Waals surface area contributed by atoms with Gasteiger partial charge in [0, 0.05) is 41.0 Å². The number of aliphatic hydroxyl groups is 1. The number of fused-ring (bicyclic) bond motifs is 1. The van der Waals surface area contributed by atoms with Gasteiger partial charge < -0.3 is 24.8 Å². The number of likely N-dealkylation sites (tertiary alicyclic amines) is 1. The van der Waals surface area contributed by atoms with Crippen LogP contribution in [0.4, 0.5) is 11.5 Å². The SMILES string of the molecule is CS(=O)(=O)Cl.O=C(CO)N1CCC(COc2cccc3ncnc(Nc4ccc(OCc5nccs5)c(Cl)c4)c23)CC1. The Kier molecular flexibility index (Phi) is 11.2. The molecule has 5 rings (SSSR count). The van der Waals surface area contributed by atoms with Crippen molar-refractivity contribution in [1.29, 1.82) is 0 Å². The molecule has 1 amide bonds. The van der Waals surface area contributed by atoms with Gasteiger partial charge in [-0.25, -0.2) is 23.4 Å². The number of carbonyl (C=O) groups excluding carboxylic acids is 1. The molecule has 0 aliphatic carbocycles. The zero-order valence-corrected chi connectivity index (χ0v) is 25.7. The van der Waals surface area contributed by atoms with Crippen molar-refractivity contribution in [2.45, 2.75) is 19.4 Å². The Morgan fingerprint density at radius 1 is 1.14 bits per heavy atom. The van der Waals surface area contributed by atoms with Crippen LogP contribution in [0.15, 0.2) is 54.3 Å². The number of hydrogen-bond donors (Lipinski definition) is 2. The second-order valence-corrected chi connectivity index (χ2v) is 13.8. The Morgan fingerprint density at radius 3 is 2.57 bits per heavy atom. The quantitative estimate of drug-likeness (QED) is 0.240. The number of ether oxygens (including phenoxy) is 2. The van der Waals surface area contributed by atoms with E-state index >= 15 is 0 Å². The van der Waals surface area contributed by atoms with Crippen molar-refractivity contribution in [1.82, 2.24) is 19.9 Å². The van der Waals surface area contributed by atoms with Crippen molar-refractivity contribution >= 4 is 71.0 Å². The van der Waals surface area contributed by atoms with E-state index in [9.17, 15) is 13.2 Å². The van der Waals surface area contributed by atoms with Crippen LogP contribution in [0.2, 0.25) is 5.02 Å². The number of rotatable bonds is 9. The summed E-state index contributed by atoms with van der Waals surface area (Å²) in [5, 5.41) is 16.4. The number of hydrogen-bond acceptors (Lipinski definition) is 11. The predicted molar refractivity (Wildman–Crippen MR) is 163 cm³/mol.